The Morgan fingerprint density at radius 3 is 2.68 bits per heavy atom. The summed E-state index contributed by atoms with van der Waals surface area (Å²) < 4.78 is 2.38. The Morgan fingerprint density at radius 1 is 1.08 bits per heavy atom. The van der Waals surface area contributed by atoms with Gasteiger partial charge in [-0.3, -0.25) is 0 Å². The molecule has 3 aromatic heterocycles. The predicted octanol–water partition coefficient (Wildman–Crippen LogP) is 5.39. The molecule has 38 heavy (non-hydrogen) atoms. The number of benzene rings is 2. The Kier molecular flexibility index (Phi) is 6.49. The molecule has 194 valence electrons. The van der Waals surface area contributed by atoms with E-state index in [-0.39, 0.29) is 12.1 Å². The lowest BCUT2D eigenvalue weighted by molar-refractivity contribution is 0.160. The second kappa shape index (κ2) is 10.1. The highest BCUT2D eigenvalue weighted by Crippen LogP contribution is 2.40. The molecule has 0 aliphatic heterocycles. The van der Waals surface area contributed by atoms with E-state index in [9.17, 15) is 5.11 Å². The van der Waals surface area contributed by atoms with Gasteiger partial charge in [0.1, 0.15) is 11.3 Å². The SMILES string of the molecule is CCc1nc2c(C)cc(CC[C@H](O)CC)nc2n1[C@H]1CCc2cc(-c3ccccc3-c3nn[nH]n3)ccc21. The molecule has 5 aromatic rings. The third-order valence-electron chi connectivity index (χ3n) is 7.81. The van der Waals surface area contributed by atoms with Crippen LogP contribution in [-0.2, 0) is 19.3 Å². The molecule has 0 spiro atoms. The Bertz CT molecular complexity index is 1590. The van der Waals surface area contributed by atoms with Crippen LogP contribution in [-0.4, -0.2) is 46.4 Å². The van der Waals surface area contributed by atoms with Crippen LogP contribution in [0.15, 0.2) is 48.5 Å². The molecule has 2 N–H and O–H groups in total. The zero-order valence-electron chi connectivity index (χ0n) is 22.1. The summed E-state index contributed by atoms with van der Waals surface area (Å²) in [6, 6.07) is 17.3. The van der Waals surface area contributed by atoms with Crippen LogP contribution in [0.3, 0.4) is 0 Å². The molecule has 1 aliphatic carbocycles. The van der Waals surface area contributed by atoms with E-state index in [1.807, 2.05) is 25.1 Å². The minimum absolute atomic E-state index is 0.204. The van der Waals surface area contributed by atoms with Crippen LogP contribution in [0.5, 0.6) is 0 Å². The molecule has 6 rings (SSSR count). The lowest BCUT2D eigenvalue weighted by Gasteiger charge is -2.18. The number of pyridine rings is 1. The summed E-state index contributed by atoms with van der Waals surface area (Å²) in [5.74, 6) is 1.67. The minimum Gasteiger partial charge on any atom is -0.393 e. The second-order valence-electron chi connectivity index (χ2n) is 10.2. The number of aliphatic hydroxyl groups is 1. The number of fused-ring (bicyclic) bond motifs is 2. The largest absolute Gasteiger partial charge is 0.393 e. The van der Waals surface area contributed by atoms with Gasteiger partial charge in [-0.2, -0.15) is 5.21 Å². The van der Waals surface area contributed by atoms with Crippen molar-refractivity contribution in [3.63, 3.8) is 0 Å². The average Bonchev–Trinajstić information content (AvgIpc) is 3.70. The maximum Gasteiger partial charge on any atom is 0.205 e. The molecule has 8 nitrogen and oxygen atoms in total. The molecule has 0 saturated heterocycles. The van der Waals surface area contributed by atoms with Gasteiger partial charge in [-0.1, -0.05) is 56.3 Å². The van der Waals surface area contributed by atoms with E-state index in [0.717, 1.165) is 83.5 Å². The van der Waals surface area contributed by atoms with Crippen molar-refractivity contribution < 1.29 is 5.11 Å². The molecule has 0 unspecified atom stereocenters. The monoisotopic (exact) mass is 507 g/mol. The number of rotatable bonds is 8. The highest BCUT2D eigenvalue weighted by atomic mass is 16.3. The van der Waals surface area contributed by atoms with Crippen molar-refractivity contribution in [1.82, 2.24) is 35.2 Å². The topological polar surface area (TPSA) is 105 Å². The fourth-order valence-corrected chi connectivity index (χ4v) is 5.79. The molecule has 0 bridgehead atoms. The van der Waals surface area contributed by atoms with Crippen molar-refractivity contribution in [3.8, 4) is 22.5 Å². The van der Waals surface area contributed by atoms with E-state index in [1.165, 1.54) is 11.1 Å². The minimum atomic E-state index is -0.287. The molecule has 0 radical (unpaired) electrons. The molecule has 2 atom stereocenters. The van der Waals surface area contributed by atoms with Crippen LogP contribution in [0.4, 0.5) is 0 Å². The summed E-state index contributed by atoms with van der Waals surface area (Å²) in [5.41, 5.74) is 10.0. The number of hydrogen-bond donors (Lipinski definition) is 2. The van der Waals surface area contributed by atoms with Crippen LogP contribution in [0.2, 0.25) is 0 Å². The Morgan fingerprint density at radius 2 is 1.92 bits per heavy atom. The summed E-state index contributed by atoms with van der Waals surface area (Å²) >= 11 is 0. The smallest absolute Gasteiger partial charge is 0.205 e. The number of hydrogen-bond acceptors (Lipinski definition) is 6. The first-order valence-corrected chi connectivity index (χ1v) is 13.6. The van der Waals surface area contributed by atoms with Gasteiger partial charge in [-0.05, 0) is 78.1 Å². The zero-order chi connectivity index (χ0) is 26.2. The van der Waals surface area contributed by atoms with E-state index in [1.54, 1.807) is 0 Å². The van der Waals surface area contributed by atoms with Gasteiger partial charge in [0, 0.05) is 17.7 Å². The summed E-state index contributed by atoms with van der Waals surface area (Å²) in [4.78, 5) is 10.1. The van der Waals surface area contributed by atoms with Gasteiger partial charge < -0.3 is 9.67 Å². The average molecular weight is 508 g/mol. The van der Waals surface area contributed by atoms with E-state index >= 15 is 0 Å². The van der Waals surface area contributed by atoms with Crippen molar-refractivity contribution in [3.05, 3.63) is 76.7 Å². The first-order chi connectivity index (χ1) is 18.6. The molecular formula is C30H33N7O. The standard InChI is InChI=1S/C30H33N7O/c1-4-22(38)13-12-21-16-18(3)28-30(31-21)37(27(5-2)32-28)26-15-11-20-17-19(10-14-24(20)26)23-8-6-7-9-25(23)29-33-35-36-34-29/h6-10,14,16-17,22,26,38H,4-5,11-13,15H2,1-3H3,(H,33,34,35,36)/t22-,26+/m1/s1. The number of aromatic amines is 1. The molecule has 0 saturated carbocycles. The molecule has 2 aromatic carbocycles. The summed E-state index contributed by atoms with van der Waals surface area (Å²) in [5, 5.41) is 24.8. The third kappa shape index (κ3) is 4.28. The Hall–Kier alpha value is -3.91. The molecule has 0 fully saturated rings. The van der Waals surface area contributed by atoms with Crippen LogP contribution in [0, 0.1) is 6.92 Å². The van der Waals surface area contributed by atoms with Crippen LogP contribution in [0.1, 0.15) is 67.4 Å². The molecule has 1 aliphatic rings. The number of imidazole rings is 1. The number of aryl methyl sites for hydroxylation is 4. The maximum absolute atomic E-state index is 10.1. The number of aromatic nitrogens is 7. The number of nitrogens with one attached hydrogen (secondary N) is 1. The number of nitrogens with zero attached hydrogens (tertiary/aromatic N) is 6. The summed E-state index contributed by atoms with van der Waals surface area (Å²) in [6.07, 6.45) is 4.84. The zero-order valence-corrected chi connectivity index (χ0v) is 22.1. The fourth-order valence-electron chi connectivity index (χ4n) is 5.79. The van der Waals surface area contributed by atoms with Crippen molar-refractivity contribution >= 4 is 11.2 Å². The molecular weight excluding hydrogens is 474 g/mol. The number of aliphatic hydroxyl groups excluding tert-OH is 1. The highest BCUT2D eigenvalue weighted by Gasteiger charge is 2.29. The Labute approximate surface area is 222 Å². The molecule has 0 amide bonds. The van der Waals surface area contributed by atoms with E-state index in [2.05, 4.69) is 69.4 Å². The molecule has 8 heteroatoms. The molecule has 3 heterocycles. The van der Waals surface area contributed by atoms with Gasteiger partial charge in [-0.15, -0.1) is 10.2 Å². The van der Waals surface area contributed by atoms with Gasteiger partial charge in [0.2, 0.25) is 5.82 Å². The lowest BCUT2D eigenvalue weighted by atomic mass is 9.96. The maximum atomic E-state index is 10.1. The van der Waals surface area contributed by atoms with Gasteiger partial charge in [0.05, 0.1) is 12.1 Å². The third-order valence-corrected chi connectivity index (χ3v) is 7.81. The summed E-state index contributed by atoms with van der Waals surface area (Å²) in [7, 11) is 0. The lowest BCUT2D eigenvalue weighted by Crippen LogP contribution is -2.12. The van der Waals surface area contributed by atoms with Gasteiger partial charge in [-0.25, -0.2) is 9.97 Å². The van der Waals surface area contributed by atoms with Gasteiger partial charge in [0.25, 0.3) is 0 Å². The van der Waals surface area contributed by atoms with Crippen LogP contribution >= 0.6 is 0 Å². The Balaban J connectivity index is 1.40. The number of H-pyrrole nitrogens is 1. The van der Waals surface area contributed by atoms with E-state index in [0.29, 0.717) is 5.82 Å². The first-order valence-electron chi connectivity index (χ1n) is 13.6. The predicted molar refractivity (Wildman–Crippen MR) is 148 cm³/mol. The van der Waals surface area contributed by atoms with Crippen molar-refractivity contribution in [2.24, 2.45) is 0 Å². The number of tetrazole rings is 1. The van der Waals surface area contributed by atoms with Crippen LogP contribution < -0.4 is 0 Å². The van der Waals surface area contributed by atoms with Crippen molar-refractivity contribution in [2.45, 2.75) is 71.4 Å². The summed E-state index contributed by atoms with van der Waals surface area (Å²) in [6.45, 7) is 6.30. The highest BCUT2D eigenvalue weighted by molar-refractivity contribution is 5.81. The second-order valence-corrected chi connectivity index (χ2v) is 10.2. The van der Waals surface area contributed by atoms with Crippen molar-refractivity contribution in [1.29, 1.82) is 0 Å². The van der Waals surface area contributed by atoms with E-state index in [4.69, 9.17) is 9.97 Å². The first kappa shape index (κ1) is 24.4. The van der Waals surface area contributed by atoms with Gasteiger partial charge in [0.15, 0.2) is 5.65 Å². The van der Waals surface area contributed by atoms with Crippen molar-refractivity contribution in [2.75, 3.05) is 0 Å². The van der Waals surface area contributed by atoms with Crippen LogP contribution in [0.25, 0.3) is 33.7 Å². The quantitative estimate of drug-likeness (QED) is 0.292. The normalized spacial score (nSPS) is 15.7. The van der Waals surface area contributed by atoms with E-state index < -0.39 is 0 Å². The van der Waals surface area contributed by atoms with Gasteiger partial charge >= 0.3 is 0 Å². The fraction of sp³-hybridized carbons (Fsp3) is 0.367.